The van der Waals surface area contributed by atoms with Crippen LogP contribution in [0.25, 0.3) is 0 Å². The highest BCUT2D eigenvalue weighted by atomic mass is 16.7. The number of unbranched alkanes of at least 4 members (excludes halogenated alkanes) is 3. The van der Waals surface area contributed by atoms with Crippen LogP contribution in [-0.4, -0.2) is 278 Å². The highest BCUT2D eigenvalue weighted by Gasteiger charge is 2.51. The molecule has 0 saturated carbocycles. The van der Waals surface area contributed by atoms with Crippen molar-refractivity contribution in [1.29, 1.82) is 0 Å². The van der Waals surface area contributed by atoms with E-state index >= 15 is 4.79 Å². The Kier molecular flexibility index (Phi) is 46.6. The third-order valence-electron chi connectivity index (χ3n) is 22.0. The van der Waals surface area contributed by atoms with Crippen molar-refractivity contribution in [3.05, 3.63) is 95.6 Å². The number of nitrogens with one attached hydrogen (secondary N) is 5. The summed E-state index contributed by atoms with van der Waals surface area (Å²) in [5, 5.41) is 14.3. The summed E-state index contributed by atoms with van der Waals surface area (Å²) in [4.78, 5) is 197. The Labute approximate surface area is 759 Å². The van der Waals surface area contributed by atoms with Gasteiger partial charge in [-0.25, -0.2) is 0 Å². The molecule has 7 unspecified atom stereocenters. The zero-order chi connectivity index (χ0) is 95.6. The van der Waals surface area contributed by atoms with Crippen LogP contribution in [-0.2, 0) is 144 Å². The molecule has 722 valence electrons. The Morgan fingerprint density at radius 3 is 1.11 bits per heavy atom. The van der Waals surface area contributed by atoms with E-state index in [0.717, 1.165) is 0 Å². The number of carbonyl (C=O) groups excluding carboxylic acids is 15. The molecule has 3 heterocycles. The van der Waals surface area contributed by atoms with Gasteiger partial charge in [0.15, 0.2) is 18.9 Å². The third kappa shape index (κ3) is 36.2. The summed E-state index contributed by atoms with van der Waals surface area (Å²) in [5.41, 5.74) is 0.244. The van der Waals surface area contributed by atoms with E-state index in [0.29, 0.717) is 53.9 Å². The molecule has 3 saturated heterocycles. The highest BCUT2D eigenvalue weighted by Crippen LogP contribution is 2.43. The van der Waals surface area contributed by atoms with Crippen molar-refractivity contribution in [1.82, 2.24) is 36.4 Å². The maximum absolute atomic E-state index is 15.9. The van der Waals surface area contributed by atoms with Gasteiger partial charge in [-0.1, -0.05) is 75.4 Å². The van der Waals surface area contributed by atoms with Crippen molar-refractivity contribution in [3.63, 3.8) is 0 Å². The lowest BCUT2D eigenvalue weighted by Gasteiger charge is -2.44. The molecule has 0 spiro atoms. The zero-order valence-electron chi connectivity index (χ0n) is 77.4. The number of amides is 7. The van der Waals surface area contributed by atoms with Crippen LogP contribution in [0.15, 0.2) is 78.9 Å². The van der Waals surface area contributed by atoms with Gasteiger partial charge in [-0.3, -0.25) is 67.1 Å². The number of carbonyl (C=O) groups is 15. The molecule has 6 rings (SSSR count). The van der Waals surface area contributed by atoms with Gasteiger partial charge in [0.25, 0.3) is 5.91 Å². The number of ketones is 1. The summed E-state index contributed by atoms with van der Waals surface area (Å²) in [6.07, 6.45) is -8.66. The number of benzene rings is 3. The molecule has 0 aliphatic carbocycles. The molecule has 5 N–H and O–H groups in total. The zero-order valence-corrected chi connectivity index (χ0v) is 77.4. The van der Waals surface area contributed by atoms with Crippen LogP contribution in [0.3, 0.4) is 0 Å². The molecule has 3 aromatic carbocycles. The fraction of sp³-hybridized carbons (Fsp3) is 0.641. The maximum Gasteiger partial charge on any atom is 0.307 e. The molecule has 38 heteroatoms. The average molecular weight is 1830 g/mol. The fourth-order valence-electron chi connectivity index (χ4n) is 15.6. The Hall–Kier alpha value is -10.8. The maximum atomic E-state index is 15.9. The summed E-state index contributed by atoms with van der Waals surface area (Å²) in [5.74, 6) is -8.40. The number of nitrogens with zero attached hydrogens (tertiary/aromatic N) is 2. The molecule has 0 bridgehead atoms. The van der Waals surface area contributed by atoms with Gasteiger partial charge < -0.3 is 117 Å². The SMILES string of the molecule is COc1ccc(C(OCC(OC(=O)CCC(C)=O)C(=O)N(CCCNC(=O)CCCCO[C@@H]2OC(COC(C)=O)[C@H](OC(C)=O)[C@H](C)C2NC(C)=O)CCCN(CCCNC(=O)CCCCO[C@@H]2OC(COC(C)=O)[C@H](OC(C)=O)[C@H](C)C2NC(C)=O)C(=O)CCCCO[C@@H]2OC(COC(C)=O)[C@H](OC(C)=O)[C@H](C)C2NC(C)=O)(c2ccccc2)c2ccc(OC)cc2)cc1. The molecule has 0 aromatic heterocycles. The van der Waals surface area contributed by atoms with Gasteiger partial charge in [0.2, 0.25) is 41.5 Å². The molecule has 16 atom stereocenters. The molecule has 0 radical (unpaired) electrons. The number of hydrogen-bond donors (Lipinski definition) is 5. The second kappa shape index (κ2) is 56.1. The van der Waals surface area contributed by atoms with Crippen LogP contribution in [0.5, 0.6) is 11.5 Å². The molecular weight excluding hydrogens is 1700 g/mol. The summed E-state index contributed by atoms with van der Waals surface area (Å²) in [6.45, 7) is 16.7. The Bertz CT molecular complexity index is 4110. The van der Waals surface area contributed by atoms with E-state index in [2.05, 4.69) is 26.6 Å². The minimum absolute atomic E-state index is 0.00528. The Balaban J connectivity index is 1.26. The van der Waals surface area contributed by atoms with Crippen molar-refractivity contribution < 1.29 is 148 Å². The number of esters is 7. The third-order valence-corrected chi connectivity index (χ3v) is 22.0. The number of methoxy groups -OCH3 is 2. The number of rotatable bonds is 55. The predicted molar refractivity (Wildman–Crippen MR) is 463 cm³/mol. The minimum Gasteiger partial charge on any atom is -0.497 e. The van der Waals surface area contributed by atoms with E-state index in [1.807, 2.05) is 54.6 Å². The lowest BCUT2D eigenvalue weighted by molar-refractivity contribution is -0.262. The van der Waals surface area contributed by atoms with Crippen molar-refractivity contribution in [3.8, 4) is 11.5 Å². The average Bonchev–Trinajstić information content (AvgIpc) is 0.745. The lowest BCUT2D eigenvalue weighted by atomic mass is 9.80. The van der Waals surface area contributed by atoms with Gasteiger partial charge in [0.1, 0.15) is 79.3 Å². The summed E-state index contributed by atoms with van der Waals surface area (Å²) in [7, 11) is 3.06. The molecule has 3 aliphatic heterocycles. The molecule has 3 aromatic rings. The summed E-state index contributed by atoms with van der Waals surface area (Å²) in [6, 6.07) is 21.1. The monoisotopic (exact) mass is 1830 g/mol. The number of Topliss-reactive ketones (excluding diaryl/α,β-unsaturated/α-hetero) is 1. The van der Waals surface area contributed by atoms with Crippen LogP contribution >= 0.6 is 0 Å². The Morgan fingerprint density at radius 1 is 0.400 bits per heavy atom. The molecule has 3 fully saturated rings. The first-order chi connectivity index (χ1) is 61.9. The van der Waals surface area contributed by atoms with Crippen LogP contribution in [0.1, 0.15) is 197 Å². The van der Waals surface area contributed by atoms with E-state index in [1.165, 1.54) is 88.4 Å². The van der Waals surface area contributed by atoms with E-state index in [1.54, 1.807) is 49.9 Å². The quantitative estimate of drug-likeness (QED) is 0.0187. The first kappa shape index (κ1) is 108. The highest BCUT2D eigenvalue weighted by molar-refractivity contribution is 5.86. The van der Waals surface area contributed by atoms with Crippen molar-refractivity contribution in [2.24, 2.45) is 17.8 Å². The second-order valence-electron chi connectivity index (χ2n) is 32.5. The van der Waals surface area contributed by atoms with Crippen LogP contribution < -0.4 is 36.1 Å². The van der Waals surface area contributed by atoms with Crippen LogP contribution in [0, 0.1) is 17.8 Å². The lowest BCUT2D eigenvalue weighted by Crippen LogP contribution is -2.62. The van der Waals surface area contributed by atoms with Crippen LogP contribution in [0.2, 0.25) is 0 Å². The number of hydrogen-bond acceptors (Lipinski definition) is 31. The topological polar surface area (TPSA) is 470 Å². The largest absolute Gasteiger partial charge is 0.497 e. The molecule has 3 aliphatic rings. The molecule has 130 heavy (non-hydrogen) atoms. The summed E-state index contributed by atoms with van der Waals surface area (Å²) < 4.78 is 94.2. The van der Waals surface area contributed by atoms with E-state index in [-0.39, 0.29) is 167 Å². The van der Waals surface area contributed by atoms with E-state index in [4.69, 9.17) is 75.8 Å². The molecule has 38 nitrogen and oxygen atoms in total. The smallest absolute Gasteiger partial charge is 0.307 e. The van der Waals surface area contributed by atoms with Gasteiger partial charge in [-0.05, 0) is 106 Å². The van der Waals surface area contributed by atoms with Crippen LogP contribution in [0.4, 0.5) is 0 Å². The Morgan fingerprint density at radius 2 is 0.754 bits per heavy atom. The predicted octanol–water partition coefficient (Wildman–Crippen LogP) is 6.00. The van der Waals surface area contributed by atoms with Gasteiger partial charge in [-0.15, -0.1) is 0 Å². The van der Waals surface area contributed by atoms with Gasteiger partial charge in [-0.2, -0.15) is 0 Å². The molecule has 7 amide bonds. The van der Waals surface area contributed by atoms with Crippen molar-refractivity contribution >= 4 is 88.9 Å². The van der Waals surface area contributed by atoms with Crippen molar-refractivity contribution in [2.45, 2.75) is 265 Å². The second-order valence-corrected chi connectivity index (χ2v) is 32.5. The standard InChI is InChI=1S/C92H133N7O31/c1-56(100)33-42-81(113)127-77(55-123-92(69-28-17-16-18-29-69,70-34-38-72(115-14)39-35-70)71-36-40-73(116-15)41-37-71)88(114)99(46-26-44-94-79(111)31-20-23-50-118-90-83(96-61(6)102)58(3)86(125-67(12)108)75(129-90)53-121-64(9)105)48-27-47-98(80(112)32-21-24-51-119-91-84(97-62(7)103)59(4)87(126-68(13)109)76(130-91)54-122-65(10)106)45-25-43-93-78(110)30-19-22-49-117-89-82(95-60(5)101)57(2)85(124-66(11)107)74(128-89)52-120-63(8)104/h16-18,28-29,34-41,57-59,74-77,82-87,89-91H,19-27,30-33,42-55H2,1-15H3,(H,93,110)(H,94,111)(H,95,101)(H,96,102)(H,97,103)/t57-,58-,59-,74?,75?,76?,77?,82?,83?,84?,85-,86-,87-,89-,90-,91-/m1/s1. The molecular formula is C92H133N7O31. The first-order valence-electron chi connectivity index (χ1n) is 44.3. The minimum atomic E-state index is -1.70. The normalized spacial score (nSPS) is 21.9. The summed E-state index contributed by atoms with van der Waals surface area (Å²) >= 11 is 0. The van der Waals surface area contributed by atoms with Gasteiger partial charge >= 0.3 is 41.8 Å². The number of ether oxygens (including phenoxy) is 16. The van der Waals surface area contributed by atoms with Crippen molar-refractivity contribution in [2.75, 3.05) is 99.7 Å². The fourth-order valence-corrected chi connectivity index (χ4v) is 15.6. The first-order valence-corrected chi connectivity index (χ1v) is 44.3. The van der Waals surface area contributed by atoms with E-state index < -0.39 is 175 Å². The van der Waals surface area contributed by atoms with E-state index in [9.17, 15) is 67.1 Å². The van der Waals surface area contributed by atoms with Gasteiger partial charge in [0, 0.05) is 165 Å². The van der Waals surface area contributed by atoms with Gasteiger partial charge in [0.05, 0.1) is 45.4 Å².